The highest BCUT2D eigenvalue weighted by molar-refractivity contribution is 5.78. The summed E-state index contributed by atoms with van der Waals surface area (Å²) < 4.78 is 0. The average molecular weight is 279 g/mol. The van der Waals surface area contributed by atoms with Gasteiger partial charge in [0.15, 0.2) is 5.52 Å². The zero-order chi connectivity index (χ0) is 15.0. The molecule has 6 nitrogen and oxygen atoms in total. The molecule has 0 aliphatic carbocycles. The van der Waals surface area contributed by atoms with Gasteiger partial charge in [0, 0.05) is 5.56 Å². The molecular weight excluding hydrogens is 266 g/mol. The Bertz CT molecular complexity index is 896. The van der Waals surface area contributed by atoms with E-state index >= 15 is 0 Å². The van der Waals surface area contributed by atoms with Gasteiger partial charge in [0.25, 0.3) is 5.56 Å². The number of rotatable bonds is 2. The van der Waals surface area contributed by atoms with Crippen LogP contribution in [0.3, 0.4) is 0 Å². The molecule has 3 aromatic rings. The van der Waals surface area contributed by atoms with E-state index in [1.165, 1.54) is 0 Å². The Hall–Kier alpha value is -2.94. The van der Waals surface area contributed by atoms with Crippen molar-refractivity contribution in [2.24, 2.45) is 0 Å². The van der Waals surface area contributed by atoms with Gasteiger partial charge < -0.3 is 4.98 Å². The third-order valence-corrected chi connectivity index (χ3v) is 3.30. The van der Waals surface area contributed by atoms with Crippen LogP contribution in [-0.2, 0) is 0 Å². The maximum absolute atomic E-state index is 12.1. The summed E-state index contributed by atoms with van der Waals surface area (Å²) >= 11 is 0. The number of benzene rings is 1. The highest BCUT2D eigenvalue weighted by Gasteiger charge is 2.15. The molecule has 0 fully saturated rings. The van der Waals surface area contributed by atoms with Crippen LogP contribution < -0.4 is 5.56 Å². The molecule has 1 aromatic carbocycles. The van der Waals surface area contributed by atoms with Gasteiger partial charge in [-0.2, -0.15) is 10.4 Å². The van der Waals surface area contributed by atoms with Crippen molar-refractivity contribution in [1.29, 1.82) is 5.26 Å². The largest absolute Gasteiger partial charge is 0.305 e. The summed E-state index contributed by atoms with van der Waals surface area (Å²) in [7, 11) is 0. The van der Waals surface area contributed by atoms with E-state index in [4.69, 9.17) is 5.26 Å². The van der Waals surface area contributed by atoms with Crippen LogP contribution in [0.25, 0.3) is 22.4 Å². The molecule has 0 radical (unpaired) electrons. The molecule has 2 heterocycles. The lowest BCUT2D eigenvalue weighted by Gasteiger charge is -2.03. The normalized spacial score (nSPS) is 11.0. The zero-order valence-electron chi connectivity index (χ0n) is 11.6. The van der Waals surface area contributed by atoms with E-state index in [0.717, 1.165) is 11.3 Å². The molecule has 0 atom stereocenters. The minimum absolute atomic E-state index is 0.193. The first kappa shape index (κ1) is 13.1. The number of nitrogens with zero attached hydrogens (tertiary/aromatic N) is 3. The van der Waals surface area contributed by atoms with Crippen LogP contribution in [0.4, 0.5) is 0 Å². The SMILES string of the molecule is CC(C)c1[nH]nc2c(=O)[nH]c(-c3ccc(C#N)cc3)nc12. The Morgan fingerprint density at radius 3 is 2.52 bits per heavy atom. The second kappa shape index (κ2) is 4.87. The smallest absolute Gasteiger partial charge is 0.279 e. The summed E-state index contributed by atoms with van der Waals surface area (Å²) in [6.07, 6.45) is 0. The Labute approximate surface area is 120 Å². The van der Waals surface area contributed by atoms with Gasteiger partial charge in [0.2, 0.25) is 0 Å². The monoisotopic (exact) mass is 279 g/mol. The number of aromatic amines is 2. The van der Waals surface area contributed by atoms with Crippen LogP contribution in [0.1, 0.15) is 31.0 Å². The van der Waals surface area contributed by atoms with E-state index in [1.807, 2.05) is 13.8 Å². The van der Waals surface area contributed by atoms with Crippen LogP contribution in [0.2, 0.25) is 0 Å². The fraction of sp³-hybridized carbons (Fsp3) is 0.200. The second-order valence-electron chi connectivity index (χ2n) is 5.09. The Morgan fingerprint density at radius 2 is 1.90 bits per heavy atom. The van der Waals surface area contributed by atoms with Crippen molar-refractivity contribution < 1.29 is 0 Å². The third-order valence-electron chi connectivity index (χ3n) is 3.30. The Balaban J connectivity index is 2.21. The summed E-state index contributed by atoms with van der Waals surface area (Å²) in [5.74, 6) is 0.665. The Morgan fingerprint density at radius 1 is 1.19 bits per heavy atom. The van der Waals surface area contributed by atoms with Crippen molar-refractivity contribution in [3.63, 3.8) is 0 Å². The molecule has 0 saturated heterocycles. The highest BCUT2D eigenvalue weighted by Crippen LogP contribution is 2.21. The van der Waals surface area contributed by atoms with Crippen molar-refractivity contribution >= 4 is 11.0 Å². The second-order valence-corrected chi connectivity index (χ2v) is 5.09. The van der Waals surface area contributed by atoms with Crippen LogP contribution in [-0.4, -0.2) is 20.2 Å². The molecule has 6 heteroatoms. The van der Waals surface area contributed by atoms with E-state index in [1.54, 1.807) is 24.3 Å². The molecule has 0 aliphatic rings. The molecule has 0 spiro atoms. The molecule has 0 unspecified atom stereocenters. The van der Waals surface area contributed by atoms with E-state index in [0.29, 0.717) is 22.4 Å². The van der Waals surface area contributed by atoms with Gasteiger partial charge in [-0.25, -0.2) is 4.98 Å². The van der Waals surface area contributed by atoms with Gasteiger partial charge in [-0.05, 0) is 30.2 Å². The van der Waals surface area contributed by atoms with E-state index in [-0.39, 0.29) is 11.5 Å². The molecule has 104 valence electrons. The molecule has 0 saturated carbocycles. The van der Waals surface area contributed by atoms with Gasteiger partial charge in [-0.15, -0.1) is 0 Å². The molecule has 21 heavy (non-hydrogen) atoms. The van der Waals surface area contributed by atoms with Crippen molar-refractivity contribution in [3.8, 4) is 17.5 Å². The average Bonchev–Trinajstić information content (AvgIpc) is 2.92. The predicted molar refractivity (Wildman–Crippen MR) is 78.7 cm³/mol. The summed E-state index contributed by atoms with van der Waals surface area (Å²) in [6, 6.07) is 8.97. The number of nitrogens with one attached hydrogen (secondary N) is 2. The standard InChI is InChI=1S/C15H13N5O/c1-8(2)11-12-13(20-19-11)15(21)18-14(17-12)10-5-3-9(7-16)4-6-10/h3-6,8H,1-2H3,(H,19,20)(H,17,18,21). The maximum Gasteiger partial charge on any atom is 0.279 e. The first-order valence-corrected chi connectivity index (χ1v) is 6.59. The van der Waals surface area contributed by atoms with E-state index in [2.05, 4.69) is 26.2 Å². The minimum Gasteiger partial charge on any atom is -0.305 e. The number of nitriles is 1. The number of hydrogen-bond donors (Lipinski definition) is 2. The van der Waals surface area contributed by atoms with Crippen LogP contribution in [0.15, 0.2) is 29.1 Å². The summed E-state index contributed by atoms with van der Waals surface area (Å²) in [5.41, 5.74) is 2.79. The van der Waals surface area contributed by atoms with Crippen LogP contribution in [0, 0.1) is 11.3 Å². The van der Waals surface area contributed by atoms with Crippen molar-refractivity contribution in [3.05, 3.63) is 45.9 Å². The van der Waals surface area contributed by atoms with Gasteiger partial charge in [0.05, 0.1) is 17.3 Å². The first-order valence-electron chi connectivity index (χ1n) is 6.59. The van der Waals surface area contributed by atoms with Crippen molar-refractivity contribution in [2.75, 3.05) is 0 Å². The molecule has 0 bridgehead atoms. The van der Waals surface area contributed by atoms with Gasteiger partial charge in [0.1, 0.15) is 11.3 Å². The van der Waals surface area contributed by atoms with Crippen molar-refractivity contribution in [1.82, 2.24) is 20.2 Å². The molecular formula is C15H13N5O. The summed E-state index contributed by atoms with van der Waals surface area (Å²) in [5, 5.41) is 15.7. The molecule has 2 N–H and O–H groups in total. The number of aromatic nitrogens is 4. The fourth-order valence-corrected chi connectivity index (χ4v) is 2.17. The Kier molecular flexibility index (Phi) is 3.03. The summed E-state index contributed by atoms with van der Waals surface area (Å²) in [6.45, 7) is 4.02. The number of H-pyrrole nitrogens is 2. The van der Waals surface area contributed by atoms with E-state index < -0.39 is 0 Å². The lowest BCUT2D eigenvalue weighted by molar-refractivity contribution is 0.815. The number of hydrogen-bond acceptors (Lipinski definition) is 4. The van der Waals surface area contributed by atoms with Gasteiger partial charge in [-0.3, -0.25) is 9.89 Å². The number of fused-ring (bicyclic) bond motifs is 1. The molecule has 3 rings (SSSR count). The summed E-state index contributed by atoms with van der Waals surface area (Å²) in [4.78, 5) is 19.3. The zero-order valence-corrected chi connectivity index (χ0v) is 11.6. The topological polar surface area (TPSA) is 98.2 Å². The predicted octanol–water partition coefficient (Wildman–Crippen LogP) is 2.31. The van der Waals surface area contributed by atoms with Gasteiger partial charge >= 0.3 is 0 Å². The minimum atomic E-state index is -0.275. The molecule has 0 aliphatic heterocycles. The van der Waals surface area contributed by atoms with E-state index in [9.17, 15) is 4.79 Å². The van der Waals surface area contributed by atoms with Crippen LogP contribution >= 0.6 is 0 Å². The van der Waals surface area contributed by atoms with Crippen molar-refractivity contribution in [2.45, 2.75) is 19.8 Å². The third kappa shape index (κ3) is 2.19. The van der Waals surface area contributed by atoms with Gasteiger partial charge in [-0.1, -0.05) is 13.8 Å². The molecule has 2 aromatic heterocycles. The molecule has 0 amide bonds. The lowest BCUT2D eigenvalue weighted by Crippen LogP contribution is -2.09. The first-order chi connectivity index (χ1) is 10.1. The highest BCUT2D eigenvalue weighted by atomic mass is 16.1. The fourth-order valence-electron chi connectivity index (χ4n) is 2.17. The lowest BCUT2D eigenvalue weighted by atomic mass is 10.1. The maximum atomic E-state index is 12.1. The quantitative estimate of drug-likeness (QED) is 0.752. The van der Waals surface area contributed by atoms with Crippen LogP contribution in [0.5, 0.6) is 0 Å².